The Morgan fingerprint density at radius 1 is 1.33 bits per heavy atom. The van der Waals surface area contributed by atoms with Crippen LogP contribution in [0.15, 0.2) is 12.1 Å². The highest BCUT2D eigenvalue weighted by atomic mass is 35.5. The Bertz CT molecular complexity index is 380. The first kappa shape index (κ1) is 11.0. The lowest BCUT2D eigenvalue weighted by molar-refractivity contribution is 0.608. The van der Waals surface area contributed by atoms with Crippen molar-refractivity contribution in [1.29, 1.82) is 0 Å². The van der Waals surface area contributed by atoms with Gasteiger partial charge in [0.25, 0.3) is 0 Å². The first-order valence-electron chi connectivity index (χ1n) is 5.55. The molecule has 0 unspecified atom stereocenters. The van der Waals surface area contributed by atoms with Crippen molar-refractivity contribution < 1.29 is 0 Å². The quantitative estimate of drug-likeness (QED) is 0.836. The highest BCUT2D eigenvalue weighted by Crippen LogP contribution is 2.37. The predicted molar refractivity (Wildman–Crippen MR) is 65.4 cm³/mol. The van der Waals surface area contributed by atoms with Crippen LogP contribution in [0.1, 0.15) is 36.0 Å². The van der Waals surface area contributed by atoms with E-state index >= 15 is 0 Å². The van der Waals surface area contributed by atoms with Gasteiger partial charge in [-0.3, -0.25) is 0 Å². The lowest BCUT2D eigenvalue weighted by Crippen LogP contribution is -2.22. The number of hydrogen-bond donors (Lipinski definition) is 1. The van der Waals surface area contributed by atoms with Crippen molar-refractivity contribution in [3.8, 4) is 0 Å². The SMILES string of the molecule is Cc1ccc(CCC2(N)CC2)c(C)c1Cl. The van der Waals surface area contributed by atoms with Crippen LogP contribution in [0.5, 0.6) is 0 Å². The fraction of sp³-hybridized carbons (Fsp3) is 0.538. The molecular formula is C13H18ClN. The highest BCUT2D eigenvalue weighted by Gasteiger charge is 2.37. The van der Waals surface area contributed by atoms with E-state index in [1.54, 1.807) is 0 Å². The van der Waals surface area contributed by atoms with Crippen molar-refractivity contribution in [2.45, 2.75) is 45.1 Å². The molecule has 0 aliphatic heterocycles. The van der Waals surface area contributed by atoms with Gasteiger partial charge in [0.15, 0.2) is 0 Å². The second-order valence-corrected chi connectivity index (χ2v) is 5.22. The fourth-order valence-corrected chi connectivity index (χ4v) is 2.11. The zero-order chi connectivity index (χ0) is 11.1. The van der Waals surface area contributed by atoms with Crippen LogP contribution < -0.4 is 5.73 Å². The largest absolute Gasteiger partial charge is 0.325 e. The molecule has 0 saturated heterocycles. The fourth-order valence-electron chi connectivity index (χ4n) is 1.93. The monoisotopic (exact) mass is 223 g/mol. The smallest absolute Gasteiger partial charge is 0.0467 e. The van der Waals surface area contributed by atoms with E-state index < -0.39 is 0 Å². The summed E-state index contributed by atoms with van der Waals surface area (Å²) >= 11 is 6.22. The van der Waals surface area contributed by atoms with Gasteiger partial charge >= 0.3 is 0 Å². The van der Waals surface area contributed by atoms with Gasteiger partial charge in [0.1, 0.15) is 0 Å². The molecule has 0 aromatic heterocycles. The molecule has 1 saturated carbocycles. The van der Waals surface area contributed by atoms with Crippen molar-refractivity contribution >= 4 is 11.6 Å². The minimum absolute atomic E-state index is 0.143. The Balaban J connectivity index is 2.11. The van der Waals surface area contributed by atoms with E-state index in [1.807, 2.05) is 6.92 Å². The van der Waals surface area contributed by atoms with E-state index in [1.165, 1.54) is 24.0 Å². The van der Waals surface area contributed by atoms with E-state index in [0.29, 0.717) is 0 Å². The Labute approximate surface area is 96.6 Å². The van der Waals surface area contributed by atoms with Crippen molar-refractivity contribution in [2.24, 2.45) is 5.73 Å². The van der Waals surface area contributed by atoms with Crippen molar-refractivity contribution in [3.05, 3.63) is 33.8 Å². The van der Waals surface area contributed by atoms with Crippen LogP contribution in [0.25, 0.3) is 0 Å². The number of hydrogen-bond acceptors (Lipinski definition) is 1. The highest BCUT2D eigenvalue weighted by molar-refractivity contribution is 6.32. The van der Waals surface area contributed by atoms with Gasteiger partial charge in [0.05, 0.1) is 0 Å². The normalized spacial score (nSPS) is 17.9. The molecule has 0 bridgehead atoms. The van der Waals surface area contributed by atoms with Crippen molar-refractivity contribution in [2.75, 3.05) is 0 Å². The molecule has 1 nitrogen and oxygen atoms in total. The topological polar surface area (TPSA) is 26.0 Å². The van der Waals surface area contributed by atoms with Gasteiger partial charge in [0, 0.05) is 10.6 Å². The zero-order valence-electron chi connectivity index (χ0n) is 9.44. The molecule has 2 rings (SSSR count). The predicted octanol–water partition coefficient (Wildman–Crippen LogP) is 3.38. The summed E-state index contributed by atoms with van der Waals surface area (Å²) in [6.07, 6.45) is 4.52. The number of rotatable bonds is 3. The molecule has 1 aromatic carbocycles. The van der Waals surface area contributed by atoms with E-state index in [-0.39, 0.29) is 5.54 Å². The zero-order valence-corrected chi connectivity index (χ0v) is 10.2. The van der Waals surface area contributed by atoms with Gasteiger partial charge in [-0.05, 0) is 56.2 Å². The third-order valence-corrected chi connectivity index (χ3v) is 4.06. The van der Waals surface area contributed by atoms with Crippen LogP contribution >= 0.6 is 11.6 Å². The Hall–Kier alpha value is -0.530. The average Bonchev–Trinajstić information content (AvgIpc) is 2.93. The van der Waals surface area contributed by atoms with Gasteiger partial charge < -0.3 is 5.73 Å². The van der Waals surface area contributed by atoms with Crippen LogP contribution in [0.4, 0.5) is 0 Å². The van der Waals surface area contributed by atoms with E-state index in [4.69, 9.17) is 17.3 Å². The summed E-state index contributed by atoms with van der Waals surface area (Å²) < 4.78 is 0. The maximum atomic E-state index is 6.22. The molecule has 0 heterocycles. The molecule has 1 aliphatic carbocycles. The molecule has 15 heavy (non-hydrogen) atoms. The summed E-state index contributed by atoms with van der Waals surface area (Å²) in [5.41, 5.74) is 9.95. The minimum Gasteiger partial charge on any atom is -0.325 e. The molecule has 0 spiro atoms. The standard InChI is InChI=1S/C13H18ClN/c1-9-3-4-11(10(2)12(9)14)5-6-13(15)7-8-13/h3-4H,5-8,15H2,1-2H3. The van der Waals surface area contributed by atoms with Crippen LogP contribution in [0.2, 0.25) is 5.02 Å². The molecule has 82 valence electrons. The molecule has 0 radical (unpaired) electrons. The third kappa shape index (κ3) is 2.35. The Kier molecular flexibility index (Phi) is 2.78. The average molecular weight is 224 g/mol. The molecule has 2 heteroatoms. The van der Waals surface area contributed by atoms with Crippen LogP contribution in [0.3, 0.4) is 0 Å². The lowest BCUT2D eigenvalue weighted by atomic mass is 9.98. The van der Waals surface area contributed by atoms with Crippen LogP contribution in [-0.2, 0) is 6.42 Å². The summed E-state index contributed by atoms with van der Waals surface area (Å²) in [4.78, 5) is 0. The van der Waals surface area contributed by atoms with E-state index in [9.17, 15) is 0 Å². The summed E-state index contributed by atoms with van der Waals surface area (Å²) in [7, 11) is 0. The molecule has 0 atom stereocenters. The van der Waals surface area contributed by atoms with Gasteiger partial charge in [0.2, 0.25) is 0 Å². The molecule has 1 fully saturated rings. The van der Waals surface area contributed by atoms with Gasteiger partial charge in [-0.1, -0.05) is 23.7 Å². The number of halogens is 1. The number of aryl methyl sites for hydroxylation is 2. The first-order chi connectivity index (χ1) is 7.02. The summed E-state index contributed by atoms with van der Waals surface area (Å²) in [5.74, 6) is 0. The van der Waals surface area contributed by atoms with Gasteiger partial charge in [-0.25, -0.2) is 0 Å². The van der Waals surface area contributed by atoms with Gasteiger partial charge in [-0.2, -0.15) is 0 Å². The molecule has 2 N–H and O–H groups in total. The maximum Gasteiger partial charge on any atom is 0.0467 e. The summed E-state index contributed by atoms with van der Waals surface area (Å²) in [5, 5.41) is 0.911. The molecule has 0 amide bonds. The second kappa shape index (κ2) is 3.80. The summed E-state index contributed by atoms with van der Waals surface area (Å²) in [6, 6.07) is 4.28. The van der Waals surface area contributed by atoms with E-state index in [2.05, 4.69) is 19.1 Å². The van der Waals surface area contributed by atoms with Gasteiger partial charge in [-0.15, -0.1) is 0 Å². The Morgan fingerprint density at radius 2 is 2.00 bits per heavy atom. The van der Waals surface area contributed by atoms with Crippen LogP contribution in [0, 0.1) is 13.8 Å². The molecular weight excluding hydrogens is 206 g/mol. The number of benzene rings is 1. The lowest BCUT2D eigenvalue weighted by Gasteiger charge is -2.12. The first-order valence-corrected chi connectivity index (χ1v) is 5.93. The number of nitrogens with two attached hydrogens (primary N) is 1. The minimum atomic E-state index is 0.143. The molecule has 1 aliphatic rings. The molecule has 1 aromatic rings. The maximum absolute atomic E-state index is 6.22. The second-order valence-electron chi connectivity index (χ2n) is 4.84. The third-order valence-electron chi connectivity index (χ3n) is 3.48. The Morgan fingerprint density at radius 3 is 2.60 bits per heavy atom. The summed E-state index contributed by atoms with van der Waals surface area (Å²) in [6.45, 7) is 4.14. The van der Waals surface area contributed by atoms with Crippen LogP contribution in [-0.4, -0.2) is 5.54 Å². The van der Waals surface area contributed by atoms with Crippen molar-refractivity contribution in [3.63, 3.8) is 0 Å². The van der Waals surface area contributed by atoms with Crippen molar-refractivity contribution in [1.82, 2.24) is 0 Å². The van der Waals surface area contributed by atoms with E-state index in [0.717, 1.165) is 23.4 Å².